The molecule has 12 heteroatoms. The van der Waals surface area contributed by atoms with Gasteiger partial charge in [-0.1, -0.05) is 17.3 Å². The zero-order valence-corrected chi connectivity index (χ0v) is 15.2. The van der Waals surface area contributed by atoms with E-state index in [-0.39, 0.29) is 35.4 Å². The molecule has 2 aromatic carbocycles. The average molecular weight is 431 g/mol. The normalized spacial score (nSPS) is 11.4. The number of para-hydroxylation sites is 2. The molecule has 3 rings (SSSR count). The van der Waals surface area contributed by atoms with Gasteiger partial charge in [-0.05, 0) is 30.3 Å². The van der Waals surface area contributed by atoms with E-state index in [1.807, 2.05) is 0 Å². The monoisotopic (exact) mass is 431 g/mol. The number of ether oxygens (including phenoxy) is 3. The van der Waals surface area contributed by atoms with Gasteiger partial charge in [0.05, 0.1) is 19.3 Å². The van der Waals surface area contributed by atoms with E-state index >= 15 is 0 Å². The maximum Gasteiger partial charge on any atom is 0.573 e. The lowest BCUT2D eigenvalue weighted by Crippen LogP contribution is -2.18. The SMILES string of the molecule is COc1cc(-c2noc(CNc3ccccc3OC(F)(F)F)n2)ccc1OC(F)F. The van der Waals surface area contributed by atoms with Crippen molar-refractivity contribution in [2.45, 2.75) is 19.5 Å². The molecule has 0 aliphatic rings. The molecule has 160 valence electrons. The summed E-state index contributed by atoms with van der Waals surface area (Å²) in [6, 6.07) is 9.54. The topological polar surface area (TPSA) is 78.6 Å². The standard InChI is InChI=1S/C18H14F5N3O4/c1-27-14-8-10(6-7-13(14)28-17(19)20)16-25-15(30-26-16)9-24-11-4-2-3-5-12(11)29-18(21,22)23/h2-8,17,24H,9H2,1H3. The molecular formula is C18H14F5N3O4. The summed E-state index contributed by atoms with van der Waals surface area (Å²) in [5.74, 6) is -0.352. The minimum atomic E-state index is -4.84. The Kier molecular flexibility index (Phi) is 6.23. The number of anilines is 1. The van der Waals surface area contributed by atoms with Gasteiger partial charge in [-0.15, -0.1) is 13.2 Å². The van der Waals surface area contributed by atoms with Crippen LogP contribution in [0.4, 0.5) is 27.6 Å². The van der Waals surface area contributed by atoms with Crippen molar-refractivity contribution in [3.63, 3.8) is 0 Å². The fraction of sp³-hybridized carbons (Fsp3) is 0.222. The van der Waals surface area contributed by atoms with Gasteiger partial charge >= 0.3 is 13.0 Å². The fourth-order valence-electron chi connectivity index (χ4n) is 2.44. The van der Waals surface area contributed by atoms with Crippen LogP contribution in [0.15, 0.2) is 47.0 Å². The Morgan fingerprint density at radius 3 is 2.53 bits per heavy atom. The number of nitrogens with one attached hydrogen (secondary N) is 1. The van der Waals surface area contributed by atoms with Crippen LogP contribution in [0.1, 0.15) is 5.89 Å². The van der Waals surface area contributed by atoms with Crippen LogP contribution in [-0.4, -0.2) is 30.2 Å². The van der Waals surface area contributed by atoms with E-state index in [9.17, 15) is 22.0 Å². The number of benzene rings is 2. The molecule has 0 aliphatic heterocycles. The molecule has 0 saturated carbocycles. The molecule has 1 N–H and O–H groups in total. The molecule has 1 heterocycles. The Morgan fingerprint density at radius 2 is 1.83 bits per heavy atom. The second kappa shape index (κ2) is 8.84. The van der Waals surface area contributed by atoms with Crippen LogP contribution in [0.25, 0.3) is 11.4 Å². The van der Waals surface area contributed by atoms with E-state index in [0.717, 1.165) is 6.07 Å². The van der Waals surface area contributed by atoms with E-state index in [2.05, 4.69) is 24.9 Å². The van der Waals surface area contributed by atoms with Crippen molar-refractivity contribution in [3.8, 4) is 28.6 Å². The first-order chi connectivity index (χ1) is 14.2. The fourth-order valence-corrected chi connectivity index (χ4v) is 2.44. The molecular weight excluding hydrogens is 417 g/mol. The van der Waals surface area contributed by atoms with E-state index in [1.165, 1.54) is 43.5 Å². The third kappa shape index (κ3) is 5.49. The zero-order chi connectivity index (χ0) is 21.7. The number of hydrogen-bond donors (Lipinski definition) is 1. The molecule has 0 radical (unpaired) electrons. The van der Waals surface area contributed by atoms with E-state index < -0.39 is 18.7 Å². The quantitative estimate of drug-likeness (QED) is 0.511. The number of nitrogens with zero attached hydrogens (tertiary/aromatic N) is 2. The molecule has 7 nitrogen and oxygen atoms in total. The summed E-state index contributed by atoms with van der Waals surface area (Å²) in [6.45, 7) is -3.11. The van der Waals surface area contributed by atoms with Gasteiger partial charge in [0.1, 0.15) is 0 Å². The van der Waals surface area contributed by atoms with Gasteiger partial charge in [0.25, 0.3) is 0 Å². The van der Waals surface area contributed by atoms with Crippen molar-refractivity contribution in [2.24, 2.45) is 0 Å². The summed E-state index contributed by atoms with van der Waals surface area (Å²) in [5.41, 5.74) is 0.467. The average Bonchev–Trinajstić information content (AvgIpc) is 3.15. The number of aromatic nitrogens is 2. The number of hydrogen-bond acceptors (Lipinski definition) is 7. The summed E-state index contributed by atoms with van der Waals surface area (Å²) >= 11 is 0. The van der Waals surface area contributed by atoms with Crippen LogP contribution in [0, 0.1) is 0 Å². The first kappa shape index (κ1) is 21.1. The summed E-state index contributed by atoms with van der Waals surface area (Å²) in [6.07, 6.45) is -4.84. The third-order valence-corrected chi connectivity index (χ3v) is 3.65. The van der Waals surface area contributed by atoms with E-state index in [4.69, 9.17) is 9.26 Å². The van der Waals surface area contributed by atoms with Gasteiger partial charge in [0, 0.05) is 5.56 Å². The minimum Gasteiger partial charge on any atom is -0.493 e. The van der Waals surface area contributed by atoms with E-state index in [0.29, 0.717) is 5.56 Å². The predicted octanol–water partition coefficient (Wildman–Crippen LogP) is 4.86. The van der Waals surface area contributed by atoms with Gasteiger partial charge in [0.2, 0.25) is 11.7 Å². The van der Waals surface area contributed by atoms with Crippen LogP contribution in [0.5, 0.6) is 17.2 Å². The molecule has 0 aliphatic carbocycles. The molecule has 0 bridgehead atoms. The van der Waals surface area contributed by atoms with Gasteiger partial charge in [-0.3, -0.25) is 0 Å². The van der Waals surface area contributed by atoms with Crippen molar-refractivity contribution < 1.29 is 40.7 Å². The minimum absolute atomic E-state index is 0.0375. The summed E-state index contributed by atoms with van der Waals surface area (Å²) in [5, 5.41) is 6.49. The summed E-state index contributed by atoms with van der Waals surface area (Å²) in [4.78, 5) is 4.12. The highest BCUT2D eigenvalue weighted by Gasteiger charge is 2.32. The Hall–Kier alpha value is -3.57. The van der Waals surface area contributed by atoms with Crippen LogP contribution >= 0.6 is 0 Å². The lowest BCUT2D eigenvalue weighted by Gasteiger charge is -2.13. The Morgan fingerprint density at radius 1 is 1.07 bits per heavy atom. The summed E-state index contributed by atoms with van der Waals surface area (Å²) < 4.78 is 80.7. The second-order valence-electron chi connectivity index (χ2n) is 5.65. The van der Waals surface area contributed by atoms with Gasteiger partial charge < -0.3 is 24.1 Å². The molecule has 3 aromatic rings. The predicted molar refractivity (Wildman–Crippen MR) is 93.4 cm³/mol. The smallest absolute Gasteiger partial charge is 0.493 e. The molecule has 0 fully saturated rings. The Bertz CT molecular complexity index is 994. The van der Waals surface area contributed by atoms with Crippen LogP contribution < -0.4 is 19.5 Å². The second-order valence-corrected chi connectivity index (χ2v) is 5.65. The maximum absolute atomic E-state index is 12.5. The molecule has 0 saturated heterocycles. The first-order valence-electron chi connectivity index (χ1n) is 8.29. The summed E-state index contributed by atoms with van der Waals surface area (Å²) in [7, 11) is 1.28. The molecule has 0 amide bonds. The molecule has 30 heavy (non-hydrogen) atoms. The van der Waals surface area contributed by atoms with Crippen LogP contribution in [-0.2, 0) is 6.54 Å². The van der Waals surface area contributed by atoms with Crippen molar-refractivity contribution in [2.75, 3.05) is 12.4 Å². The van der Waals surface area contributed by atoms with Crippen molar-refractivity contribution in [1.29, 1.82) is 0 Å². The number of alkyl halides is 5. The molecule has 0 unspecified atom stereocenters. The van der Waals surface area contributed by atoms with Crippen molar-refractivity contribution in [1.82, 2.24) is 10.1 Å². The number of methoxy groups -OCH3 is 1. The molecule has 1 aromatic heterocycles. The molecule has 0 spiro atoms. The van der Waals surface area contributed by atoms with E-state index in [1.54, 1.807) is 0 Å². The number of halogens is 5. The lowest BCUT2D eigenvalue weighted by molar-refractivity contribution is -0.274. The van der Waals surface area contributed by atoms with Gasteiger partial charge in [-0.2, -0.15) is 13.8 Å². The van der Waals surface area contributed by atoms with Crippen LogP contribution in [0.2, 0.25) is 0 Å². The highest BCUT2D eigenvalue weighted by molar-refractivity contribution is 5.61. The Balaban J connectivity index is 1.72. The number of rotatable bonds is 8. The highest BCUT2D eigenvalue weighted by atomic mass is 19.4. The van der Waals surface area contributed by atoms with Crippen molar-refractivity contribution in [3.05, 3.63) is 48.4 Å². The first-order valence-corrected chi connectivity index (χ1v) is 8.29. The maximum atomic E-state index is 12.5. The molecule has 0 atom stereocenters. The van der Waals surface area contributed by atoms with Gasteiger partial charge in [0.15, 0.2) is 17.2 Å². The largest absolute Gasteiger partial charge is 0.573 e. The highest BCUT2D eigenvalue weighted by Crippen LogP contribution is 2.33. The van der Waals surface area contributed by atoms with Crippen molar-refractivity contribution >= 4 is 5.69 Å². The van der Waals surface area contributed by atoms with Gasteiger partial charge in [-0.25, -0.2) is 0 Å². The van der Waals surface area contributed by atoms with Crippen LogP contribution in [0.3, 0.4) is 0 Å². The lowest BCUT2D eigenvalue weighted by atomic mass is 10.2. The zero-order valence-electron chi connectivity index (χ0n) is 15.2. The third-order valence-electron chi connectivity index (χ3n) is 3.65. The Labute approximate surface area is 166 Å².